The summed E-state index contributed by atoms with van der Waals surface area (Å²) in [6, 6.07) is 19.0. The molecule has 1 atom stereocenters. The van der Waals surface area contributed by atoms with Crippen molar-refractivity contribution < 1.29 is 0 Å². The Morgan fingerprint density at radius 2 is 1.78 bits per heavy atom. The van der Waals surface area contributed by atoms with Crippen molar-refractivity contribution in [2.24, 2.45) is 5.73 Å². The van der Waals surface area contributed by atoms with Gasteiger partial charge in [-0.1, -0.05) is 40.2 Å². The van der Waals surface area contributed by atoms with Crippen LogP contribution in [0.5, 0.6) is 0 Å². The number of hydrogen-bond acceptors (Lipinski definition) is 5. The maximum atomic E-state index is 5.66. The molecule has 0 radical (unpaired) electrons. The van der Waals surface area contributed by atoms with Crippen LogP contribution >= 0.6 is 15.9 Å². The third-order valence-electron chi connectivity index (χ3n) is 4.60. The fourth-order valence-corrected chi connectivity index (χ4v) is 3.20. The van der Waals surface area contributed by atoms with Crippen molar-refractivity contribution in [3.63, 3.8) is 0 Å². The Hall–Kier alpha value is -2.28. The molecular weight excluding hydrogens is 402 g/mol. The number of anilines is 2. The quantitative estimate of drug-likeness (QED) is 0.528. The van der Waals surface area contributed by atoms with Gasteiger partial charge in [-0.25, -0.2) is 9.97 Å². The summed E-state index contributed by atoms with van der Waals surface area (Å²) in [5.41, 5.74) is 9.86. The summed E-state index contributed by atoms with van der Waals surface area (Å²) in [6.45, 7) is 0.536. The van der Waals surface area contributed by atoms with E-state index in [2.05, 4.69) is 55.8 Å². The molecule has 4 rings (SSSR count). The van der Waals surface area contributed by atoms with Crippen LogP contribution in [0.2, 0.25) is 0 Å². The number of rotatable bonds is 7. The minimum absolute atomic E-state index is 0.0498. The Kier molecular flexibility index (Phi) is 5.48. The molecule has 1 aliphatic carbocycles. The van der Waals surface area contributed by atoms with Crippen LogP contribution in [-0.2, 0) is 6.54 Å². The fraction of sp³-hybridized carbons (Fsp3) is 0.238. The van der Waals surface area contributed by atoms with Crippen molar-refractivity contribution in [3.8, 4) is 0 Å². The van der Waals surface area contributed by atoms with E-state index in [4.69, 9.17) is 10.7 Å². The molecule has 1 fully saturated rings. The Balaban J connectivity index is 1.58. The maximum Gasteiger partial charge on any atom is 0.227 e. The highest BCUT2D eigenvalue weighted by atomic mass is 79.9. The van der Waals surface area contributed by atoms with Crippen LogP contribution in [0.25, 0.3) is 0 Å². The topological polar surface area (TPSA) is 75.9 Å². The minimum atomic E-state index is 0.0498. The van der Waals surface area contributed by atoms with E-state index in [1.807, 2.05) is 30.3 Å². The van der Waals surface area contributed by atoms with Gasteiger partial charge in [-0.2, -0.15) is 0 Å². The monoisotopic (exact) mass is 423 g/mol. The van der Waals surface area contributed by atoms with E-state index < -0.39 is 0 Å². The van der Waals surface area contributed by atoms with Crippen LogP contribution in [0, 0.1) is 0 Å². The highest BCUT2D eigenvalue weighted by Gasteiger charge is 2.27. The van der Waals surface area contributed by atoms with E-state index in [0.29, 0.717) is 18.5 Å². The first-order valence-corrected chi connectivity index (χ1v) is 9.91. The summed E-state index contributed by atoms with van der Waals surface area (Å²) < 4.78 is 1.07. The third-order valence-corrected chi connectivity index (χ3v) is 5.13. The Morgan fingerprint density at radius 1 is 1.04 bits per heavy atom. The first-order valence-electron chi connectivity index (χ1n) is 9.12. The lowest BCUT2D eigenvalue weighted by atomic mass is 10.0. The Morgan fingerprint density at radius 3 is 2.44 bits per heavy atom. The predicted molar refractivity (Wildman–Crippen MR) is 112 cm³/mol. The van der Waals surface area contributed by atoms with Gasteiger partial charge in [-0.3, -0.25) is 0 Å². The molecule has 0 spiro atoms. The van der Waals surface area contributed by atoms with Crippen molar-refractivity contribution >= 4 is 27.6 Å². The Labute approximate surface area is 167 Å². The summed E-state index contributed by atoms with van der Waals surface area (Å²) in [4.78, 5) is 9.15. The number of hydrogen-bond donors (Lipinski definition) is 3. The van der Waals surface area contributed by atoms with Gasteiger partial charge in [0.05, 0.1) is 11.7 Å². The molecule has 4 N–H and O–H groups in total. The van der Waals surface area contributed by atoms with Gasteiger partial charge in [-0.05, 0) is 54.3 Å². The van der Waals surface area contributed by atoms with Crippen molar-refractivity contribution in [1.29, 1.82) is 0 Å². The summed E-state index contributed by atoms with van der Waals surface area (Å²) in [7, 11) is 0. The summed E-state index contributed by atoms with van der Waals surface area (Å²) >= 11 is 3.51. The largest absolute Gasteiger partial charge is 0.326 e. The summed E-state index contributed by atoms with van der Waals surface area (Å²) in [5.74, 6) is 0.590. The molecule has 6 heteroatoms. The number of nitrogens with one attached hydrogen (secondary N) is 2. The SMILES string of the molecule is NCc1ccc(Nc2nccc(C(NC3CC3)c3ccc(Br)cc3)n2)cc1. The van der Waals surface area contributed by atoms with Crippen molar-refractivity contribution in [3.05, 3.63) is 82.1 Å². The van der Waals surface area contributed by atoms with Gasteiger partial charge >= 0.3 is 0 Å². The first kappa shape index (κ1) is 18.1. The molecule has 0 bridgehead atoms. The van der Waals surface area contributed by atoms with E-state index in [0.717, 1.165) is 21.4 Å². The lowest BCUT2D eigenvalue weighted by Crippen LogP contribution is -2.25. The smallest absolute Gasteiger partial charge is 0.227 e. The lowest BCUT2D eigenvalue weighted by molar-refractivity contribution is 0.587. The van der Waals surface area contributed by atoms with Gasteiger partial charge in [0.1, 0.15) is 0 Å². The van der Waals surface area contributed by atoms with E-state index in [-0.39, 0.29) is 6.04 Å². The number of halogens is 1. The van der Waals surface area contributed by atoms with Crippen molar-refractivity contribution in [2.45, 2.75) is 31.5 Å². The summed E-state index contributed by atoms with van der Waals surface area (Å²) in [6.07, 6.45) is 4.24. The molecule has 0 aliphatic heterocycles. The zero-order valence-electron chi connectivity index (χ0n) is 14.9. The number of aromatic nitrogens is 2. The first-order chi connectivity index (χ1) is 13.2. The van der Waals surface area contributed by atoms with E-state index in [1.165, 1.54) is 18.4 Å². The number of nitrogens with two attached hydrogens (primary N) is 1. The zero-order valence-corrected chi connectivity index (χ0v) is 16.5. The second-order valence-electron chi connectivity index (χ2n) is 6.76. The van der Waals surface area contributed by atoms with Crippen LogP contribution < -0.4 is 16.4 Å². The summed E-state index contributed by atoms with van der Waals surface area (Å²) in [5, 5.41) is 6.98. The molecule has 138 valence electrons. The lowest BCUT2D eigenvalue weighted by Gasteiger charge is -2.19. The van der Waals surface area contributed by atoms with E-state index in [9.17, 15) is 0 Å². The fourth-order valence-electron chi connectivity index (χ4n) is 2.94. The van der Waals surface area contributed by atoms with Crippen LogP contribution in [-0.4, -0.2) is 16.0 Å². The predicted octanol–water partition coefficient (Wildman–Crippen LogP) is 4.28. The normalized spacial score (nSPS) is 14.7. The van der Waals surface area contributed by atoms with Crippen LogP contribution in [0.3, 0.4) is 0 Å². The highest BCUT2D eigenvalue weighted by molar-refractivity contribution is 9.10. The number of nitrogens with zero attached hydrogens (tertiary/aromatic N) is 2. The van der Waals surface area contributed by atoms with Gasteiger partial charge < -0.3 is 16.4 Å². The molecule has 0 amide bonds. The van der Waals surface area contributed by atoms with Gasteiger partial charge in [0.15, 0.2) is 0 Å². The molecule has 1 aromatic heterocycles. The molecule has 1 saturated carbocycles. The Bertz CT molecular complexity index is 891. The van der Waals surface area contributed by atoms with Gasteiger partial charge in [0, 0.05) is 28.9 Å². The molecule has 3 aromatic rings. The molecule has 1 heterocycles. The maximum absolute atomic E-state index is 5.66. The van der Waals surface area contributed by atoms with Crippen LogP contribution in [0.15, 0.2) is 65.3 Å². The van der Waals surface area contributed by atoms with E-state index >= 15 is 0 Å². The molecule has 2 aromatic carbocycles. The van der Waals surface area contributed by atoms with Crippen LogP contribution in [0.4, 0.5) is 11.6 Å². The second-order valence-corrected chi connectivity index (χ2v) is 7.67. The second kappa shape index (κ2) is 8.17. The molecular formula is C21H22BrN5. The highest BCUT2D eigenvalue weighted by Crippen LogP contribution is 2.29. The number of benzene rings is 2. The molecule has 1 aliphatic rings. The van der Waals surface area contributed by atoms with E-state index in [1.54, 1.807) is 6.20 Å². The van der Waals surface area contributed by atoms with Gasteiger partial charge in [-0.15, -0.1) is 0 Å². The van der Waals surface area contributed by atoms with Crippen molar-refractivity contribution in [2.75, 3.05) is 5.32 Å². The minimum Gasteiger partial charge on any atom is -0.326 e. The van der Waals surface area contributed by atoms with Gasteiger partial charge in [0.25, 0.3) is 0 Å². The van der Waals surface area contributed by atoms with Gasteiger partial charge in [0.2, 0.25) is 5.95 Å². The molecule has 5 nitrogen and oxygen atoms in total. The zero-order chi connectivity index (χ0) is 18.6. The van der Waals surface area contributed by atoms with Crippen LogP contribution in [0.1, 0.15) is 35.7 Å². The molecule has 27 heavy (non-hydrogen) atoms. The molecule has 0 saturated heterocycles. The average molecular weight is 424 g/mol. The average Bonchev–Trinajstić information content (AvgIpc) is 3.52. The molecule has 1 unspecified atom stereocenters. The van der Waals surface area contributed by atoms with Crippen molar-refractivity contribution in [1.82, 2.24) is 15.3 Å². The third kappa shape index (κ3) is 4.71. The standard InChI is InChI=1S/C21H22BrN5/c22-16-5-3-15(4-6-16)20(25-17-9-10-17)19-11-12-24-21(27-19)26-18-7-1-14(13-23)2-8-18/h1-8,11-12,17,20,25H,9-10,13,23H2,(H,24,26,27).